The predicted octanol–water partition coefficient (Wildman–Crippen LogP) is 3.23. The molecule has 17 heavy (non-hydrogen) atoms. The summed E-state index contributed by atoms with van der Waals surface area (Å²) in [5, 5.41) is 7.97. The van der Waals surface area contributed by atoms with E-state index in [0.29, 0.717) is 6.04 Å². The van der Waals surface area contributed by atoms with Gasteiger partial charge in [-0.2, -0.15) is 5.10 Å². The number of benzene rings is 1. The highest BCUT2D eigenvalue weighted by atomic mass is 15.3. The van der Waals surface area contributed by atoms with Crippen LogP contribution >= 0.6 is 0 Å². The molecule has 3 rings (SSSR count). The molecule has 0 amide bonds. The van der Waals surface area contributed by atoms with Crippen LogP contribution in [0.3, 0.4) is 0 Å². The number of anilines is 1. The topological polar surface area (TPSA) is 29.9 Å². The maximum atomic E-state index is 4.38. The van der Waals surface area contributed by atoms with Gasteiger partial charge >= 0.3 is 0 Å². The Morgan fingerprint density at radius 3 is 2.59 bits per heavy atom. The summed E-state index contributed by atoms with van der Waals surface area (Å²) in [6, 6.07) is 12.9. The van der Waals surface area contributed by atoms with Crippen LogP contribution in [0.4, 0.5) is 5.82 Å². The molecule has 0 atom stereocenters. The largest absolute Gasteiger partial charge is 0.367 e. The first-order valence-electron chi connectivity index (χ1n) is 6.29. The Morgan fingerprint density at radius 2 is 1.82 bits per heavy atom. The average molecular weight is 227 g/mol. The van der Waals surface area contributed by atoms with Crippen LogP contribution in [0, 0.1) is 0 Å². The molecule has 3 nitrogen and oxygen atoms in total. The van der Waals surface area contributed by atoms with Crippen LogP contribution in [0.15, 0.2) is 42.6 Å². The van der Waals surface area contributed by atoms with E-state index in [2.05, 4.69) is 22.5 Å². The van der Waals surface area contributed by atoms with Crippen LogP contribution in [0.1, 0.15) is 25.7 Å². The van der Waals surface area contributed by atoms with Crippen LogP contribution < -0.4 is 5.32 Å². The van der Waals surface area contributed by atoms with E-state index in [4.69, 9.17) is 0 Å². The minimum Gasteiger partial charge on any atom is -0.367 e. The zero-order chi connectivity index (χ0) is 11.5. The summed E-state index contributed by atoms with van der Waals surface area (Å²) in [7, 11) is 0. The van der Waals surface area contributed by atoms with Crippen LogP contribution in [-0.4, -0.2) is 15.8 Å². The van der Waals surface area contributed by atoms with Gasteiger partial charge in [-0.1, -0.05) is 31.0 Å². The van der Waals surface area contributed by atoms with E-state index < -0.39 is 0 Å². The maximum Gasteiger partial charge on any atom is 0.129 e. The van der Waals surface area contributed by atoms with Gasteiger partial charge in [-0.15, -0.1) is 0 Å². The number of aromatic nitrogens is 2. The minimum absolute atomic E-state index is 0.620. The van der Waals surface area contributed by atoms with Crippen LogP contribution in [0.2, 0.25) is 0 Å². The van der Waals surface area contributed by atoms with Gasteiger partial charge < -0.3 is 5.32 Å². The van der Waals surface area contributed by atoms with Gasteiger partial charge in [0.25, 0.3) is 0 Å². The highest BCUT2D eigenvalue weighted by molar-refractivity contribution is 5.45. The normalized spacial score (nSPS) is 16.2. The van der Waals surface area contributed by atoms with E-state index in [1.165, 1.54) is 25.7 Å². The first-order chi connectivity index (χ1) is 8.43. The molecule has 1 aliphatic rings. The molecule has 1 heterocycles. The van der Waals surface area contributed by atoms with Crippen molar-refractivity contribution in [1.82, 2.24) is 9.78 Å². The fraction of sp³-hybridized carbons (Fsp3) is 0.357. The summed E-state index contributed by atoms with van der Waals surface area (Å²) >= 11 is 0. The zero-order valence-corrected chi connectivity index (χ0v) is 9.84. The molecule has 3 heteroatoms. The van der Waals surface area contributed by atoms with Crippen LogP contribution in [-0.2, 0) is 0 Å². The lowest BCUT2D eigenvalue weighted by atomic mass is 10.2. The highest BCUT2D eigenvalue weighted by Crippen LogP contribution is 2.23. The molecule has 0 spiro atoms. The fourth-order valence-corrected chi connectivity index (χ4v) is 2.47. The Hall–Kier alpha value is -1.77. The Bertz CT molecular complexity index is 469. The number of rotatable bonds is 3. The molecule has 0 unspecified atom stereocenters. The van der Waals surface area contributed by atoms with Gasteiger partial charge in [0.2, 0.25) is 0 Å². The second kappa shape index (κ2) is 4.62. The van der Waals surface area contributed by atoms with E-state index in [1.807, 2.05) is 35.1 Å². The number of nitrogens with zero attached hydrogens (tertiary/aromatic N) is 2. The summed E-state index contributed by atoms with van der Waals surface area (Å²) < 4.78 is 1.97. The monoisotopic (exact) mass is 227 g/mol. The third-order valence-electron chi connectivity index (χ3n) is 3.35. The van der Waals surface area contributed by atoms with Gasteiger partial charge in [0.1, 0.15) is 5.82 Å². The lowest BCUT2D eigenvalue weighted by Gasteiger charge is -2.14. The lowest BCUT2D eigenvalue weighted by Crippen LogP contribution is -2.17. The fourth-order valence-electron chi connectivity index (χ4n) is 2.47. The van der Waals surface area contributed by atoms with Gasteiger partial charge in [-0.3, -0.25) is 0 Å². The number of para-hydroxylation sites is 1. The standard InChI is InChI=1S/C14H17N3/c1-2-8-13(9-3-1)17-14(10-11-15-17)16-12-6-4-5-7-12/h1-3,8-12,16H,4-7H2. The number of hydrogen-bond acceptors (Lipinski definition) is 2. The molecule has 1 aromatic carbocycles. The van der Waals surface area contributed by atoms with Crippen molar-refractivity contribution in [2.45, 2.75) is 31.7 Å². The quantitative estimate of drug-likeness (QED) is 0.872. The zero-order valence-electron chi connectivity index (χ0n) is 9.84. The molecule has 1 aromatic heterocycles. The SMILES string of the molecule is c1ccc(-n2nccc2NC2CCCC2)cc1. The van der Waals surface area contributed by atoms with Gasteiger partial charge in [0.15, 0.2) is 0 Å². The van der Waals surface area contributed by atoms with E-state index in [1.54, 1.807) is 0 Å². The molecule has 0 aliphatic heterocycles. The van der Waals surface area contributed by atoms with E-state index in [-0.39, 0.29) is 0 Å². The third-order valence-corrected chi connectivity index (χ3v) is 3.35. The molecular formula is C14H17N3. The molecule has 1 aliphatic carbocycles. The van der Waals surface area contributed by atoms with Crippen molar-refractivity contribution in [1.29, 1.82) is 0 Å². The molecule has 0 bridgehead atoms. The minimum atomic E-state index is 0.620. The van der Waals surface area contributed by atoms with E-state index in [0.717, 1.165) is 11.5 Å². The van der Waals surface area contributed by atoms with Gasteiger partial charge in [-0.05, 0) is 25.0 Å². The Kier molecular flexibility index (Phi) is 2.82. The van der Waals surface area contributed by atoms with Gasteiger partial charge in [0.05, 0.1) is 11.9 Å². The van der Waals surface area contributed by atoms with E-state index >= 15 is 0 Å². The Morgan fingerprint density at radius 1 is 1.06 bits per heavy atom. The van der Waals surface area contributed by atoms with Crippen molar-refractivity contribution in [3.63, 3.8) is 0 Å². The molecule has 88 valence electrons. The third kappa shape index (κ3) is 2.18. The molecule has 0 radical (unpaired) electrons. The first-order valence-corrected chi connectivity index (χ1v) is 6.29. The lowest BCUT2D eigenvalue weighted by molar-refractivity contribution is 0.737. The van der Waals surface area contributed by atoms with Crippen molar-refractivity contribution in [2.24, 2.45) is 0 Å². The smallest absolute Gasteiger partial charge is 0.129 e. The first kappa shape index (κ1) is 10.4. The van der Waals surface area contributed by atoms with Crippen molar-refractivity contribution in [3.8, 4) is 5.69 Å². The van der Waals surface area contributed by atoms with Crippen molar-refractivity contribution in [3.05, 3.63) is 42.6 Å². The molecule has 1 saturated carbocycles. The highest BCUT2D eigenvalue weighted by Gasteiger charge is 2.16. The number of hydrogen-bond donors (Lipinski definition) is 1. The van der Waals surface area contributed by atoms with Gasteiger partial charge in [0, 0.05) is 12.1 Å². The summed E-state index contributed by atoms with van der Waals surface area (Å²) in [6.07, 6.45) is 7.10. The Labute approximate surface area is 101 Å². The average Bonchev–Trinajstić information content (AvgIpc) is 3.02. The summed E-state index contributed by atoms with van der Waals surface area (Å²) in [4.78, 5) is 0. The predicted molar refractivity (Wildman–Crippen MR) is 69.4 cm³/mol. The van der Waals surface area contributed by atoms with Crippen molar-refractivity contribution < 1.29 is 0 Å². The molecule has 1 fully saturated rings. The van der Waals surface area contributed by atoms with Crippen LogP contribution in [0.25, 0.3) is 5.69 Å². The summed E-state index contributed by atoms with van der Waals surface area (Å²) in [5.41, 5.74) is 1.11. The van der Waals surface area contributed by atoms with E-state index in [9.17, 15) is 0 Å². The maximum absolute atomic E-state index is 4.38. The second-order valence-electron chi connectivity index (χ2n) is 4.59. The second-order valence-corrected chi connectivity index (χ2v) is 4.59. The molecular weight excluding hydrogens is 210 g/mol. The summed E-state index contributed by atoms with van der Waals surface area (Å²) in [5.74, 6) is 1.10. The number of nitrogens with one attached hydrogen (secondary N) is 1. The van der Waals surface area contributed by atoms with Crippen LogP contribution in [0.5, 0.6) is 0 Å². The molecule has 1 N–H and O–H groups in total. The molecule has 2 aromatic rings. The van der Waals surface area contributed by atoms with Crippen molar-refractivity contribution in [2.75, 3.05) is 5.32 Å². The molecule has 0 saturated heterocycles. The van der Waals surface area contributed by atoms with Gasteiger partial charge in [-0.25, -0.2) is 4.68 Å². The summed E-state index contributed by atoms with van der Waals surface area (Å²) in [6.45, 7) is 0. The Balaban J connectivity index is 1.84. The van der Waals surface area contributed by atoms with Crippen molar-refractivity contribution >= 4 is 5.82 Å².